The van der Waals surface area contributed by atoms with Crippen LogP contribution in [0.3, 0.4) is 0 Å². The maximum absolute atomic E-state index is 12.7. The molecule has 0 aliphatic rings. The summed E-state index contributed by atoms with van der Waals surface area (Å²) in [6.45, 7) is 6.06. The van der Waals surface area contributed by atoms with E-state index in [1.165, 1.54) is 0 Å². The summed E-state index contributed by atoms with van der Waals surface area (Å²) in [4.78, 5) is 27.0. The molecule has 0 saturated carbocycles. The van der Waals surface area contributed by atoms with Gasteiger partial charge in [-0.05, 0) is 30.2 Å². The molecule has 27 heavy (non-hydrogen) atoms. The highest BCUT2D eigenvalue weighted by molar-refractivity contribution is 6.35. The van der Waals surface area contributed by atoms with Gasteiger partial charge in [0.1, 0.15) is 6.04 Å². The van der Waals surface area contributed by atoms with Crippen LogP contribution in [0.5, 0.6) is 0 Å². The van der Waals surface area contributed by atoms with Gasteiger partial charge in [-0.15, -0.1) is 0 Å². The first kappa shape index (κ1) is 21.3. The van der Waals surface area contributed by atoms with Crippen molar-refractivity contribution in [3.05, 3.63) is 69.7 Å². The standard InChI is InChI=1S/C21H24Cl2N2O2/c1-14(2)21(27)25(13-16-7-5-4-6-8-16)15(3)20(26)24-12-17-9-10-18(22)11-19(17)23/h4-11,14-15H,12-13H2,1-3H3,(H,24,26)/t15-/m0/s1. The Morgan fingerprint density at radius 3 is 2.30 bits per heavy atom. The summed E-state index contributed by atoms with van der Waals surface area (Å²) in [7, 11) is 0. The Bertz CT molecular complexity index is 794. The highest BCUT2D eigenvalue weighted by Gasteiger charge is 2.27. The summed E-state index contributed by atoms with van der Waals surface area (Å²) >= 11 is 12.1. The minimum Gasteiger partial charge on any atom is -0.350 e. The molecule has 0 unspecified atom stereocenters. The minimum absolute atomic E-state index is 0.0639. The molecule has 2 amide bonds. The molecule has 0 saturated heterocycles. The van der Waals surface area contributed by atoms with E-state index in [-0.39, 0.29) is 24.3 Å². The molecular weight excluding hydrogens is 383 g/mol. The summed E-state index contributed by atoms with van der Waals surface area (Å²) in [5.41, 5.74) is 1.75. The predicted molar refractivity (Wildman–Crippen MR) is 110 cm³/mol. The first-order valence-electron chi connectivity index (χ1n) is 8.85. The fourth-order valence-electron chi connectivity index (χ4n) is 2.65. The number of nitrogens with one attached hydrogen (secondary N) is 1. The number of rotatable bonds is 7. The van der Waals surface area contributed by atoms with E-state index in [1.54, 1.807) is 30.0 Å². The first-order valence-corrected chi connectivity index (χ1v) is 9.61. The summed E-state index contributed by atoms with van der Waals surface area (Å²) in [6.07, 6.45) is 0. The van der Waals surface area contributed by atoms with Crippen LogP contribution in [0, 0.1) is 5.92 Å². The molecule has 0 heterocycles. The third-order valence-corrected chi connectivity index (χ3v) is 4.87. The van der Waals surface area contributed by atoms with Crippen molar-refractivity contribution >= 4 is 35.0 Å². The molecule has 0 aliphatic heterocycles. The molecule has 0 radical (unpaired) electrons. The number of carbonyl (C=O) groups is 2. The number of hydrogen-bond donors (Lipinski definition) is 1. The molecule has 1 N–H and O–H groups in total. The smallest absolute Gasteiger partial charge is 0.242 e. The van der Waals surface area contributed by atoms with E-state index in [4.69, 9.17) is 23.2 Å². The van der Waals surface area contributed by atoms with Gasteiger partial charge in [0, 0.05) is 29.1 Å². The second-order valence-corrected chi connectivity index (χ2v) is 7.58. The number of halogens is 2. The highest BCUT2D eigenvalue weighted by Crippen LogP contribution is 2.21. The van der Waals surface area contributed by atoms with Gasteiger partial charge >= 0.3 is 0 Å². The van der Waals surface area contributed by atoms with Gasteiger partial charge in [0.15, 0.2) is 0 Å². The molecule has 4 nitrogen and oxygen atoms in total. The molecule has 2 rings (SSSR count). The van der Waals surface area contributed by atoms with Crippen molar-refractivity contribution in [1.29, 1.82) is 0 Å². The Labute approximate surface area is 170 Å². The van der Waals surface area contributed by atoms with Crippen LogP contribution in [0.25, 0.3) is 0 Å². The van der Waals surface area contributed by atoms with Crippen LogP contribution in [0.15, 0.2) is 48.5 Å². The number of hydrogen-bond acceptors (Lipinski definition) is 2. The SMILES string of the molecule is CC(C)C(=O)N(Cc1ccccc1)[C@@H](C)C(=O)NCc1ccc(Cl)cc1Cl. The normalized spacial score (nSPS) is 11.9. The molecule has 6 heteroatoms. The predicted octanol–water partition coefficient (Wildman–Crippen LogP) is 4.68. The maximum atomic E-state index is 12.7. The van der Waals surface area contributed by atoms with Crippen molar-refractivity contribution in [3.8, 4) is 0 Å². The van der Waals surface area contributed by atoms with E-state index in [1.807, 2.05) is 44.2 Å². The van der Waals surface area contributed by atoms with E-state index in [9.17, 15) is 9.59 Å². The lowest BCUT2D eigenvalue weighted by Gasteiger charge is -2.30. The van der Waals surface area contributed by atoms with Gasteiger partial charge in [0.05, 0.1) is 0 Å². The largest absolute Gasteiger partial charge is 0.350 e. The Morgan fingerprint density at radius 1 is 1.04 bits per heavy atom. The van der Waals surface area contributed by atoms with Crippen LogP contribution in [0.1, 0.15) is 31.9 Å². The van der Waals surface area contributed by atoms with Gasteiger partial charge in [-0.1, -0.05) is 73.4 Å². The van der Waals surface area contributed by atoms with Gasteiger partial charge in [0.25, 0.3) is 0 Å². The fraction of sp³-hybridized carbons (Fsp3) is 0.333. The van der Waals surface area contributed by atoms with Crippen molar-refractivity contribution in [2.45, 2.75) is 39.9 Å². The number of nitrogens with zero attached hydrogens (tertiary/aromatic N) is 1. The maximum Gasteiger partial charge on any atom is 0.242 e. The first-order chi connectivity index (χ1) is 12.8. The van der Waals surface area contributed by atoms with E-state index < -0.39 is 6.04 Å². The summed E-state index contributed by atoms with van der Waals surface area (Å²) in [5, 5.41) is 3.90. The van der Waals surface area contributed by atoms with Crippen LogP contribution in [-0.4, -0.2) is 22.8 Å². The highest BCUT2D eigenvalue weighted by atomic mass is 35.5. The topological polar surface area (TPSA) is 49.4 Å². The van der Waals surface area contributed by atoms with Crippen molar-refractivity contribution in [2.24, 2.45) is 5.92 Å². The Hall–Kier alpha value is -2.04. The molecule has 2 aromatic carbocycles. The average molecular weight is 407 g/mol. The zero-order chi connectivity index (χ0) is 20.0. The van der Waals surface area contributed by atoms with Gasteiger partial charge in [-0.2, -0.15) is 0 Å². The number of carbonyl (C=O) groups excluding carboxylic acids is 2. The molecule has 0 fully saturated rings. The van der Waals surface area contributed by atoms with E-state index >= 15 is 0 Å². The van der Waals surface area contributed by atoms with Crippen LogP contribution in [0.2, 0.25) is 10.0 Å². The van der Waals surface area contributed by atoms with Crippen LogP contribution >= 0.6 is 23.2 Å². The van der Waals surface area contributed by atoms with Gasteiger partial charge in [-0.25, -0.2) is 0 Å². The molecule has 0 spiro atoms. The lowest BCUT2D eigenvalue weighted by atomic mass is 10.1. The van der Waals surface area contributed by atoms with E-state index in [2.05, 4.69) is 5.32 Å². The minimum atomic E-state index is -0.605. The third kappa shape index (κ3) is 5.98. The lowest BCUT2D eigenvalue weighted by Crippen LogP contribution is -2.48. The Kier molecular flexibility index (Phi) is 7.69. The average Bonchev–Trinajstić information content (AvgIpc) is 2.64. The molecule has 0 aromatic heterocycles. The number of benzene rings is 2. The van der Waals surface area contributed by atoms with Crippen LogP contribution in [0.4, 0.5) is 0 Å². The van der Waals surface area contributed by atoms with Gasteiger partial charge in [-0.3, -0.25) is 9.59 Å². The van der Waals surface area contributed by atoms with Crippen LogP contribution in [-0.2, 0) is 22.7 Å². The van der Waals surface area contributed by atoms with Crippen molar-refractivity contribution in [3.63, 3.8) is 0 Å². The zero-order valence-electron chi connectivity index (χ0n) is 15.7. The summed E-state index contributed by atoms with van der Waals surface area (Å²) < 4.78 is 0. The zero-order valence-corrected chi connectivity index (χ0v) is 17.2. The molecule has 144 valence electrons. The number of amides is 2. The van der Waals surface area contributed by atoms with E-state index in [0.29, 0.717) is 16.6 Å². The van der Waals surface area contributed by atoms with Crippen molar-refractivity contribution in [1.82, 2.24) is 10.2 Å². The molecule has 0 aliphatic carbocycles. The molecule has 1 atom stereocenters. The van der Waals surface area contributed by atoms with Crippen molar-refractivity contribution in [2.75, 3.05) is 0 Å². The van der Waals surface area contributed by atoms with Crippen LogP contribution < -0.4 is 5.32 Å². The quantitative estimate of drug-likeness (QED) is 0.725. The summed E-state index contributed by atoms with van der Waals surface area (Å²) in [5.74, 6) is -0.494. The second-order valence-electron chi connectivity index (χ2n) is 6.74. The van der Waals surface area contributed by atoms with Gasteiger partial charge in [0.2, 0.25) is 11.8 Å². The molecular formula is C21H24Cl2N2O2. The Balaban J connectivity index is 2.09. The Morgan fingerprint density at radius 2 is 1.70 bits per heavy atom. The van der Waals surface area contributed by atoms with E-state index in [0.717, 1.165) is 11.1 Å². The molecule has 0 bridgehead atoms. The second kappa shape index (κ2) is 9.77. The lowest BCUT2D eigenvalue weighted by molar-refractivity contribution is -0.143. The monoisotopic (exact) mass is 406 g/mol. The fourth-order valence-corrected chi connectivity index (χ4v) is 3.13. The summed E-state index contributed by atoms with van der Waals surface area (Å²) in [6, 6.07) is 14.2. The molecule has 2 aromatic rings. The third-order valence-electron chi connectivity index (χ3n) is 4.29. The van der Waals surface area contributed by atoms with Gasteiger partial charge < -0.3 is 10.2 Å². The van der Waals surface area contributed by atoms with Crippen molar-refractivity contribution < 1.29 is 9.59 Å².